The summed E-state index contributed by atoms with van der Waals surface area (Å²) in [7, 11) is -3.39. The third-order valence-electron chi connectivity index (χ3n) is 7.54. The van der Waals surface area contributed by atoms with Crippen LogP contribution in [0.1, 0.15) is 111 Å². The van der Waals surface area contributed by atoms with Crippen molar-refractivity contribution in [3.63, 3.8) is 0 Å². The third kappa shape index (κ3) is 12.7. The molecular formula is C29H58O3Si2. The van der Waals surface area contributed by atoms with Gasteiger partial charge in [-0.05, 0) is 37.4 Å². The number of hydrogen-bond donors (Lipinski definition) is 1. The van der Waals surface area contributed by atoms with E-state index >= 15 is 0 Å². The second-order valence-electron chi connectivity index (χ2n) is 13.1. The molecule has 4 atom stereocenters. The summed E-state index contributed by atoms with van der Waals surface area (Å²) in [6, 6.07) is 0. The zero-order valence-electron chi connectivity index (χ0n) is 24.3. The maximum absolute atomic E-state index is 10.6. The van der Waals surface area contributed by atoms with Gasteiger partial charge in [-0.1, -0.05) is 117 Å². The van der Waals surface area contributed by atoms with Crippen molar-refractivity contribution < 1.29 is 14.3 Å². The topological polar surface area (TPSA) is 38.7 Å². The molecule has 0 aliphatic carbocycles. The molecule has 0 saturated carbocycles. The van der Waals surface area contributed by atoms with Gasteiger partial charge in [-0.2, -0.15) is 0 Å². The fourth-order valence-electron chi connectivity index (χ4n) is 4.29. The lowest BCUT2D eigenvalue weighted by molar-refractivity contribution is -0.0600. The summed E-state index contributed by atoms with van der Waals surface area (Å²) in [6.45, 7) is 20.5. The van der Waals surface area contributed by atoms with Gasteiger partial charge in [0, 0.05) is 0 Å². The Morgan fingerprint density at radius 2 is 1.35 bits per heavy atom. The van der Waals surface area contributed by atoms with Crippen LogP contribution >= 0.6 is 0 Å². The largest absolute Gasteiger partial charge is 0.411 e. The van der Waals surface area contributed by atoms with Gasteiger partial charge in [-0.25, -0.2) is 0 Å². The maximum Gasteiger partial charge on any atom is 0.192 e. The molecule has 34 heavy (non-hydrogen) atoms. The quantitative estimate of drug-likeness (QED) is 0.136. The van der Waals surface area contributed by atoms with Gasteiger partial charge in [0.2, 0.25) is 0 Å². The molecule has 0 aromatic rings. The first-order chi connectivity index (χ1) is 15.8. The molecule has 0 bridgehead atoms. The Morgan fingerprint density at radius 1 is 0.853 bits per heavy atom. The minimum absolute atomic E-state index is 0.0843. The van der Waals surface area contributed by atoms with Gasteiger partial charge >= 0.3 is 0 Å². The van der Waals surface area contributed by atoms with E-state index in [0.717, 1.165) is 19.3 Å². The number of unbranched alkanes of at least 4 members (excludes halogenated alkanes) is 9. The molecule has 5 heteroatoms. The number of aliphatic hydroxyl groups is 1. The van der Waals surface area contributed by atoms with Crippen LogP contribution in [0.4, 0.5) is 0 Å². The van der Waals surface area contributed by atoms with Gasteiger partial charge in [0.25, 0.3) is 0 Å². The van der Waals surface area contributed by atoms with Crippen LogP contribution in [0.25, 0.3) is 0 Å². The fourth-order valence-corrected chi connectivity index (χ4v) is 6.25. The molecule has 1 heterocycles. The Balaban J connectivity index is 2.59. The number of hydrogen-bond acceptors (Lipinski definition) is 3. The zero-order chi connectivity index (χ0) is 25.8. The minimum atomic E-state index is -1.89. The van der Waals surface area contributed by atoms with E-state index in [4.69, 9.17) is 9.16 Å². The maximum atomic E-state index is 10.6. The highest BCUT2D eigenvalue weighted by molar-refractivity contribution is 6.83. The van der Waals surface area contributed by atoms with Crippen molar-refractivity contribution >= 4 is 16.4 Å². The van der Waals surface area contributed by atoms with Crippen LogP contribution in [0, 0.1) is 11.5 Å². The Morgan fingerprint density at radius 3 is 1.85 bits per heavy atom. The Kier molecular flexibility index (Phi) is 14.3. The Hall–Kier alpha value is -0.126. The van der Waals surface area contributed by atoms with Crippen LogP contribution in [0.15, 0.2) is 0 Å². The number of aliphatic hydroxyl groups excluding tert-OH is 1. The summed E-state index contributed by atoms with van der Waals surface area (Å²) in [5.74, 6) is 3.09. The van der Waals surface area contributed by atoms with Crippen LogP contribution in [0.3, 0.4) is 0 Å². The highest BCUT2D eigenvalue weighted by Crippen LogP contribution is 2.40. The molecule has 0 aromatic carbocycles. The first kappa shape index (κ1) is 31.9. The molecule has 0 amide bonds. The van der Waals surface area contributed by atoms with Crippen molar-refractivity contribution in [3.8, 4) is 11.5 Å². The summed E-state index contributed by atoms with van der Waals surface area (Å²) in [5.41, 5.74) is 3.31. The van der Waals surface area contributed by atoms with Gasteiger partial charge in [0.15, 0.2) is 8.32 Å². The van der Waals surface area contributed by atoms with E-state index in [9.17, 15) is 5.11 Å². The van der Waals surface area contributed by atoms with Crippen molar-refractivity contribution in [2.45, 2.75) is 173 Å². The summed E-state index contributed by atoms with van der Waals surface area (Å²) < 4.78 is 13.3. The molecule has 0 unspecified atom stereocenters. The second kappa shape index (κ2) is 15.2. The van der Waals surface area contributed by atoms with Crippen LogP contribution in [-0.4, -0.2) is 45.9 Å². The Labute approximate surface area is 215 Å². The van der Waals surface area contributed by atoms with E-state index in [1.807, 2.05) is 0 Å². The van der Waals surface area contributed by atoms with Crippen LogP contribution < -0.4 is 0 Å². The van der Waals surface area contributed by atoms with Crippen molar-refractivity contribution in [2.75, 3.05) is 0 Å². The summed E-state index contributed by atoms with van der Waals surface area (Å²) in [6.07, 6.45) is 15.8. The lowest BCUT2D eigenvalue weighted by Crippen LogP contribution is -2.47. The SMILES string of the molecule is CCCCCCCCCCCC[C@@H](O[Si](C)(C)C(C)(C)C)[C@@H]1CC[C@@H]([C@H](O)C#C[Si](C)(C)C)O1. The van der Waals surface area contributed by atoms with Gasteiger partial charge < -0.3 is 14.3 Å². The Bertz CT molecular complexity index is 610. The average Bonchev–Trinajstić information content (AvgIpc) is 3.21. The summed E-state index contributed by atoms with van der Waals surface area (Å²) in [4.78, 5) is 0. The molecule has 0 aromatic heterocycles. The zero-order valence-corrected chi connectivity index (χ0v) is 26.3. The van der Waals surface area contributed by atoms with E-state index in [-0.39, 0.29) is 23.4 Å². The fraction of sp³-hybridized carbons (Fsp3) is 0.931. The van der Waals surface area contributed by atoms with E-state index < -0.39 is 22.5 Å². The van der Waals surface area contributed by atoms with Crippen molar-refractivity contribution in [2.24, 2.45) is 0 Å². The van der Waals surface area contributed by atoms with Crippen LogP contribution in [-0.2, 0) is 9.16 Å². The molecule has 200 valence electrons. The summed E-state index contributed by atoms with van der Waals surface area (Å²) in [5, 5.41) is 10.8. The minimum Gasteiger partial charge on any atom is -0.411 e. The van der Waals surface area contributed by atoms with Gasteiger partial charge in [-0.15, -0.1) is 5.54 Å². The summed E-state index contributed by atoms with van der Waals surface area (Å²) >= 11 is 0. The molecule has 1 fully saturated rings. The van der Waals surface area contributed by atoms with Gasteiger partial charge in [0.05, 0.1) is 18.3 Å². The molecule has 1 aliphatic rings. The van der Waals surface area contributed by atoms with E-state index in [1.165, 1.54) is 64.2 Å². The second-order valence-corrected chi connectivity index (χ2v) is 22.6. The smallest absolute Gasteiger partial charge is 0.192 e. The van der Waals surface area contributed by atoms with E-state index in [2.05, 4.69) is 71.9 Å². The highest BCUT2D eigenvalue weighted by atomic mass is 28.4. The highest BCUT2D eigenvalue weighted by Gasteiger charge is 2.43. The molecule has 1 rings (SSSR count). The first-order valence-corrected chi connectivity index (χ1v) is 20.7. The predicted molar refractivity (Wildman–Crippen MR) is 154 cm³/mol. The van der Waals surface area contributed by atoms with Gasteiger partial charge in [0.1, 0.15) is 14.2 Å². The normalized spacial score (nSPS) is 21.2. The number of ether oxygens (including phenoxy) is 1. The van der Waals surface area contributed by atoms with E-state index in [0.29, 0.717) is 0 Å². The molecular weight excluding hydrogens is 452 g/mol. The first-order valence-electron chi connectivity index (χ1n) is 14.3. The van der Waals surface area contributed by atoms with Gasteiger partial charge in [-0.3, -0.25) is 0 Å². The molecule has 1 saturated heterocycles. The monoisotopic (exact) mass is 510 g/mol. The molecule has 0 radical (unpaired) electrons. The lowest BCUT2D eigenvalue weighted by Gasteiger charge is -2.41. The number of rotatable bonds is 15. The standard InChI is InChI=1S/C29H58O3Si2/c1-10-11-12-13-14-15-16-17-18-19-20-28(32-34(8,9)29(2,3)4)27-22-21-26(31-27)25(30)23-24-33(5,6)7/h25-28,30H,10-22H2,1-9H3/t25-,26+,27+,28-/m1/s1. The third-order valence-corrected chi connectivity index (χ3v) is 12.9. The van der Waals surface area contributed by atoms with Crippen molar-refractivity contribution in [1.29, 1.82) is 0 Å². The van der Waals surface area contributed by atoms with Crippen molar-refractivity contribution in [3.05, 3.63) is 0 Å². The molecule has 0 spiro atoms. The van der Waals surface area contributed by atoms with Crippen molar-refractivity contribution in [1.82, 2.24) is 0 Å². The molecule has 1 N–H and O–H groups in total. The average molecular weight is 511 g/mol. The van der Waals surface area contributed by atoms with Crippen LogP contribution in [0.2, 0.25) is 37.8 Å². The lowest BCUT2D eigenvalue weighted by atomic mass is 10.0. The molecule has 1 aliphatic heterocycles. The van der Waals surface area contributed by atoms with Crippen LogP contribution in [0.5, 0.6) is 0 Å². The molecule has 3 nitrogen and oxygen atoms in total. The van der Waals surface area contributed by atoms with E-state index in [1.54, 1.807) is 0 Å². The predicted octanol–water partition coefficient (Wildman–Crippen LogP) is 8.48.